The molecule has 0 aromatic rings. The smallest absolute Gasteiger partial charge is 0.155 e. The maximum absolute atomic E-state index is 6.62. The third-order valence-electron chi connectivity index (χ3n) is 8.93. The van der Waals surface area contributed by atoms with E-state index < -0.39 is 0 Å². The molecule has 3 aliphatic carbocycles. The molecular formula is C28H52O2. The molecule has 6 atom stereocenters. The summed E-state index contributed by atoms with van der Waals surface area (Å²) in [7, 11) is 0. The molecule has 3 rings (SSSR count). The van der Waals surface area contributed by atoms with Crippen LogP contribution in [-0.4, -0.2) is 19.0 Å². The van der Waals surface area contributed by atoms with Crippen molar-refractivity contribution in [2.45, 2.75) is 125 Å². The van der Waals surface area contributed by atoms with Crippen LogP contribution in [0.1, 0.15) is 113 Å². The molecule has 3 fully saturated rings. The van der Waals surface area contributed by atoms with Gasteiger partial charge in [-0.1, -0.05) is 67.2 Å². The van der Waals surface area contributed by atoms with Gasteiger partial charge >= 0.3 is 0 Å². The molecule has 0 aromatic carbocycles. The zero-order valence-electron chi connectivity index (χ0n) is 21.3. The largest absolute Gasteiger partial charge is 0.353 e. The Hall–Kier alpha value is -0.0800. The minimum absolute atomic E-state index is 0.0445. The lowest BCUT2D eigenvalue weighted by atomic mass is 9.55. The zero-order valence-corrected chi connectivity index (χ0v) is 21.3. The molecule has 0 amide bonds. The van der Waals surface area contributed by atoms with Gasteiger partial charge in [-0.05, 0) is 92.3 Å². The molecule has 2 nitrogen and oxygen atoms in total. The Morgan fingerprint density at radius 2 is 1.43 bits per heavy atom. The fourth-order valence-corrected chi connectivity index (χ4v) is 7.80. The van der Waals surface area contributed by atoms with Crippen molar-refractivity contribution >= 4 is 0 Å². The van der Waals surface area contributed by atoms with E-state index in [1.807, 2.05) is 0 Å². The highest BCUT2D eigenvalue weighted by Gasteiger charge is 2.46. The Kier molecular flexibility index (Phi) is 8.75. The van der Waals surface area contributed by atoms with E-state index in [1.54, 1.807) is 0 Å². The Labute approximate surface area is 188 Å². The fraction of sp³-hybridized carbons (Fsp3) is 1.00. The lowest BCUT2D eigenvalue weighted by molar-refractivity contribution is -0.199. The highest BCUT2D eigenvalue weighted by Crippen LogP contribution is 2.52. The minimum Gasteiger partial charge on any atom is -0.353 e. The standard InChI is InChI=1S/C28H52O2/c1-19(2)27(28(5,6)7)25-12-8-11-24-23(25)10-9-13-26(24)30-21(4)29-18-22-16-14-20(3)15-17-22/h19-27H,8-18H2,1-7H3. The molecule has 0 aliphatic heterocycles. The average molecular weight is 421 g/mol. The van der Waals surface area contributed by atoms with Gasteiger partial charge in [0.25, 0.3) is 0 Å². The number of hydrogen-bond acceptors (Lipinski definition) is 2. The number of hydrogen-bond donors (Lipinski definition) is 0. The number of ether oxygens (including phenoxy) is 2. The van der Waals surface area contributed by atoms with E-state index in [0.717, 1.165) is 48.0 Å². The molecule has 176 valence electrons. The Balaban J connectivity index is 1.56. The lowest BCUT2D eigenvalue weighted by Gasteiger charge is -2.52. The van der Waals surface area contributed by atoms with Crippen molar-refractivity contribution in [2.24, 2.45) is 46.8 Å². The molecule has 30 heavy (non-hydrogen) atoms. The van der Waals surface area contributed by atoms with Gasteiger partial charge in [0.1, 0.15) is 0 Å². The second-order valence-corrected chi connectivity index (χ2v) is 12.7. The molecule has 0 aromatic heterocycles. The predicted octanol–water partition coefficient (Wildman–Crippen LogP) is 8.10. The van der Waals surface area contributed by atoms with Crippen molar-refractivity contribution in [1.82, 2.24) is 0 Å². The van der Waals surface area contributed by atoms with Crippen LogP contribution in [-0.2, 0) is 9.47 Å². The molecule has 0 saturated heterocycles. The molecule has 0 spiro atoms. The van der Waals surface area contributed by atoms with Gasteiger partial charge in [-0.15, -0.1) is 0 Å². The molecule has 3 saturated carbocycles. The quantitative estimate of drug-likeness (QED) is 0.387. The van der Waals surface area contributed by atoms with E-state index in [4.69, 9.17) is 9.47 Å². The molecule has 6 unspecified atom stereocenters. The summed E-state index contributed by atoms with van der Waals surface area (Å²) in [5, 5.41) is 0. The SMILES string of the molecule is CC1CCC(COC(C)OC2CCCC3C2CCCC3C(C(C)C)C(C)(C)C)CC1. The maximum atomic E-state index is 6.62. The summed E-state index contributed by atoms with van der Waals surface area (Å²) in [6, 6.07) is 0. The molecule has 0 heterocycles. The summed E-state index contributed by atoms with van der Waals surface area (Å²) >= 11 is 0. The van der Waals surface area contributed by atoms with Crippen molar-refractivity contribution in [1.29, 1.82) is 0 Å². The van der Waals surface area contributed by atoms with Gasteiger partial charge in [-0.2, -0.15) is 0 Å². The monoisotopic (exact) mass is 420 g/mol. The molecule has 0 bridgehead atoms. The first-order chi connectivity index (χ1) is 14.2. The van der Waals surface area contributed by atoms with E-state index in [1.165, 1.54) is 64.2 Å². The van der Waals surface area contributed by atoms with Crippen molar-refractivity contribution < 1.29 is 9.47 Å². The maximum Gasteiger partial charge on any atom is 0.155 e. The molecule has 2 heteroatoms. The first-order valence-electron chi connectivity index (χ1n) is 13.4. The molecule has 0 N–H and O–H groups in total. The highest BCUT2D eigenvalue weighted by molar-refractivity contribution is 4.95. The first kappa shape index (κ1) is 24.6. The van der Waals surface area contributed by atoms with E-state index in [9.17, 15) is 0 Å². The van der Waals surface area contributed by atoms with Crippen LogP contribution in [0.5, 0.6) is 0 Å². The van der Waals surface area contributed by atoms with Crippen LogP contribution >= 0.6 is 0 Å². The Morgan fingerprint density at radius 1 is 0.800 bits per heavy atom. The van der Waals surface area contributed by atoms with Gasteiger partial charge in [0.15, 0.2) is 6.29 Å². The van der Waals surface area contributed by atoms with Crippen molar-refractivity contribution in [3.63, 3.8) is 0 Å². The van der Waals surface area contributed by atoms with Crippen molar-refractivity contribution in [2.75, 3.05) is 6.61 Å². The van der Waals surface area contributed by atoms with Gasteiger partial charge < -0.3 is 9.47 Å². The summed E-state index contributed by atoms with van der Waals surface area (Å²) in [6.07, 6.45) is 14.0. The Morgan fingerprint density at radius 3 is 2.07 bits per heavy atom. The van der Waals surface area contributed by atoms with Gasteiger partial charge in [0.05, 0.1) is 12.7 Å². The third kappa shape index (κ3) is 6.25. The lowest BCUT2D eigenvalue weighted by Crippen LogP contribution is -2.47. The summed E-state index contributed by atoms with van der Waals surface area (Å²) < 4.78 is 12.9. The zero-order chi connectivity index (χ0) is 21.9. The first-order valence-corrected chi connectivity index (χ1v) is 13.4. The molecule has 3 aliphatic rings. The number of rotatable bonds is 7. The predicted molar refractivity (Wildman–Crippen MR) is 127 cm³/mol. The third-order valence-corrected chi connectivity index (χ3v) is 8.93. The summed E-state index contributed by atoms with van der Waals surface area (Å²) in [4.78, 5) is 0. The van der Waals surface area contributed by atoms with Crippen molar-refractivity contribution in [3.8, 4) is 0 Å². The van der Waals surface area contributed by atoms with Crippen LogP contribution in [0.4, 0.5) is 0 Å². The van der Waals surface area contributed by atoms with Gasteiger partial charge in [0.2, 0.25) is 0 Å². The van der Waals surface area contributed by atoms with Crippen LogP contribution in [0.2, 0.25) is 0 Å². The van der Waals surface area contributed by atoms with E-state index >= 15 is 0 Å². The second-order valence-electron chi connectivity index (χ2n) is 12.7. The van der Waals surface area contributed by atoms with E-state index in [2.05, 4.69) is 48.5 Å². The average Bonchev–Trinajstić information content (AvgIpc) is 2.67. The van der Waals surface area contributed by atoms with Crippen LogP contribution in [0.15, 0.2) is 0 Å². The summed E-state index contributed by atoms with van der Waals surface area (Å²) in [5.41, 5.74) is 0.391. The normalized spacial score (nSPS) is 37.6. The van der Waals surface area contributed by atoms with Crippen LogP contribution in [0.25, 0.3) is 0 Å². The van der Waals surface area contributed by atoms with Gasteiger partial charge in [0, 0.05) is 0 Å². The minimum atomic E-state index is -0.0445. The number of fused-ring (bicyclic) bond motifs is 1. The Bertz CT molecular complexity index is 499. The molecular weight excluding hydrogens is 368 g/mol. The summed E-state index contributed by atoms with van der Waals surface area (Å²) in [6.45, 7) is 17.8. The van der Waals surface area contributed by atoms with Crippen LogP contribution in [0, 0.1) is 46.8 Å². The topological polar surface area (TPSA) is 18.5 Å². The molecule has 0 radical (unpaired) electrons. The van der Waals surface area contributed by atoms with Crippen LogP contribution < -0.4 is 0 Å². The van der Waals surface area contributed by atoms with Gasteiger partial charge in [-0.3, -0.25) is 0 Å². The fourth-order valence-electron chi connectivity index (χ4n) is 7.80. The summed E-state index contributed by atoms with van der Waals surface area (Å²) in [5.74, 6) is 5.72. The second kappa shape index (κ2) is 10.7. The van der Waals surface area contributed by atoms with E-state index in [-0.39, 0.29) is 6.29 Å². The van der Waals surface area contributed by atoms with Gasteiger partial charge in [-0.25, -0.2) is 0 Å². The highest BCUT2D eigenvalue weighted by atomic mass is 16.7. The van der Waals surface area contributed by atoms with Crippen LogP contribution in [0.3, 0.4) is 0 Å². The van der Waals surface area contributed by atoms with E-state index in [0.29, 0.717) is 11.5 Å². The van der Waals surface area contributed by atoms with Crippen molar-refractivity contribution in [3.05, 3.63) is 0 Å².